The van der Waals surface area contributed by atoms with Crippen LogP contribution in [0.3, 0.4) is 0 Å². The van der Waals surface area contributed by atoms with E-state index in [1.807, 2.05) is 4.90 Å². The van der Waals surface area contributed by atoms with E-state index in [1.165, 1.54) is 23.0 Å². The van der Waals surface area contributed by atoms with Crippen LogP contribution in [-0.4, -0.2) is 85.0 Å². The van der Waals surface area contributed by atoms with Gasteiger partial charge in [-0.25, -0.2) is 9.97 Å². The van der Waals surface area contributed by atoms with Crippen molar-refractivity contribution in [1.29, 1.82) is 5.26 Å². The number of imidazole rings is 1. The van der Waals surface area contributed by atoms with Crippen molar-refractivity contribution in [3.8, 4) is 17.3 Å². The largest absolute Gasteiger partial charge is 0.435 e. The molecule has 45 heavy (non-hydrogen) atoms. The first-order valence-corrected chi connectivity index (χ1v) is 14.7. The highest BCUT2D eigenvalue weighted by Gasteiger charge is 2.38. The SMILES string of the molecule is N#CCn1cc(-c2cnc3c(Nc4ccc(C(=O)N5CCN(C(=O)C6CCNCC6)CC5)c(Cl)c4)nccn23)c(C(F)(F)F)n1. The lowest BCUT2D eigenvalue weighted by atomic mass is 9.96. The van der Waals surface area contributed by atoms with Gasteiger partial charge in [0.2, 0.25) is 5.91 Å². The van der Waals surface area contributed by atoms with Crippen molar-refractivity contribution in [3.05, 3.63) is 59.3 Å². The summed E-state index contributed by atoms with van der Waals surface area (Å²) in [5.74, 6) is 0.185. The van der Waals surface area contributed by atoms with E-state index in [1.54, 1.807) is 29.2 Å². The molecule has 2 aliphatic rings. The molecule has 0 atom stereocenters. The van der Waals surface area contributed by atoms with Crippen molar-refractivity contribution < 1.29 is 22.8 Å². The minimum absolute atomic E-state index is 0.0303. The van der Waals surface area contributed by atoms with Gasteiger partial charge in [0.25, 0.3) is 5.91 Å². The number of alkyl halides is 3. The number of anilines is 2. The normalized spacial score (nSPS) is 16.2. The number of amides is 2. The summed E-state index contributed by atoms with van der Waals surface area (Å²) in [7, 11) is 0. The molecule has 2 N–H and O–H groups in total. The zero-order valence-electron chi connectivity index (χ0n) is 23.9. The third kappa shape index (κ3) is 6.16. The summed E-state index contributed by atoms with van der Waals surface area (Å²) in [5, 5.41) is 19.0. The Morgan fingerprint density at radius 2 is 1.84 bits per heavy atom. The van der Waals surface area contributed by atoms with E-state index in [-0.39, 0.29) is 52.0 Å². The Morgan fingerprint density at radius 1 is 1.11 bits per heavy atom. The number of hydrogen-bond donors (Lipinski definition) is 2. The summed E-state index contributed by atoms with van der Waals surface area (Å²) < 4.78 is 43.6. The molecule has 3 aromatic heterocycles. The Morgan fingerprint density at radius 3 is 2.53 bits per heavy atom. The third-order valence-corrected chi connectivity index (χ3v) is 8.31. The Balaban J connectivity index is 1.17. The molecule has 2 fully saturated rings. The molecule has 0 radical (unpaired) electrons. The van der Waals surface area contributed by atoms with Gasteiger partial charge in [-0.1, -0.05) is 11.6 Å². The number of piperazine rings is 1. The highest BCUT2D eigenvalue weighted by molar-refractivity contribution is 6.34. The fourth-order valence-electron chi connectivity index (χ4n) is 5.71. The van der Waals surface area contributed by atoms with Gasteiger partial charge in [0.15, 0.2) is 17.2 Å². The van der Waals surface area contributed by atoms with E-state index in [0.29, 0.717) is 37.4 Å². The number of aromatic nitrogens is 5. The first-order valence-electron chi connectivity index (χ1n) is 14.3. The van der Waals surface area contributed by atoms with Crippen LogP contribution < -0.4 is 10.6 Å². The second-order valence-corrected chi connectivity index (χ2v) is 11.2. The summed E-state index contributed by atoms with van der Waals surface area (Å²) in [6.07, 6.45) is 2.22. The Labute approximate surface area is 260 Å². The Bertz CT molecular complexity index is 1780. The van der Waals surface area contributed by atoms with Crippen LogP contribution in [0.5, 0.6) is 0 Å². The van der Waals surface area contributed by atoms with Gasteiger partial charge in [-0.15, -0.1) is 0 Å². The van der Waals surface area contributed by atoms with Gasteiger partial charge in [0.05, 0.1) is 34.1 Å². The quantitative estimate of drug-likeness (QED) is 0.325. The van der Waals surface area contributed by atoms with Gasteiger partial charge in [-0.2, -0.15) is 23.5 Å². The van der Waals surface area contributed by atoms with Crippen molar-refractivity contribution in [3.63, 3.8) is 0 Å². The maximum Gasteiger partial charge on any atom is 0.435 e. The third-order valence-electron chi connectivity index (χ3n) is 8.00. The fraction of sp³-hybridized carbons (Fsp3) is 0.379. The number of hydrogen-bond acceptors (Lipinski definition) is 8. The van der Waals surface area contributed by atoms with E-state index >= 15 is 0 Å². The molecule has 16 heteroatoms. The summed E-state index contributed by atoms with van der Waals surface area (Å²) in [5.41, 5.74) is -0.219. The van der Waals surface area contributed by atoms with Crippen LogP contribution in [0.25, 0.3) is 16.9 Å². The van der Waals surface area contributed by atoms with E-state index in [2.05, 4.69) is 25.7 Å². The fourth-order valence-corrected chi connectivity index (χ4v) is 5.97. The average Bonchev–Trinajstić information content (AvgIpc) is 3.66. The number of rotatable bonds is 6. The first kappa shape index (κ1) is 30.4. The molecule has 2 saturated heterocycles. The second kappa shape index (κ2) is 12.4. The highest BCUT2D eigenvalue weighted by atomic mass is 35.5. The van der Waals surface area contributed by atoms with E-state index in [4.69, 9.17) is 16.9 Å². The summed E-state index contributed by atoms with van der Waals surface area (Å²) >= 11 is 6.54. The number of benzene rings is 1. The molecule has 6 rings (SSSR count). The maximum absolute atomic E-state index is 13.8. The molecule has 5 heterocycles. The number of nitrogens with one attached hydrogen (secondary N) is 2. The molecule has 2 aliphatic heterocycles. The molecule has 0 unspecified atom stereocenters. The predicted octanol–water partition coefficient (Wildman–Crippen LogP) is 3.82. The van der Waals surface area contributed by atoms with Crippen LogP contribution in [0.15, 0.2) is 43.0 Å². The van der Waals surface area contributed by atoms with Crippen LogP contribution in [0.4, 0.5) is 24.7 Å². The Kier molecular flexibility index (Phi) is 8.34. The molecular weight excluding hydrogens is 613 g/mol. The van der Waals surface area contributed by atoms with Crippen LogP contribution in [0.2, 0.25) is 5.02 Å². The number of halogens is 4. The zero-order valence-corrected chi connectivity index (χ0v) is 24.6. The topological polar surface area (TPSA) is 136 Å². The molecule has 234 valence electrons. The maximum atomic E-state index is 13.8. The van der Waals surface area contributed by atoms with Crippen molar-refractivity contribution >= 4 is 40.6 Å². The van der Waals surface area contributed by atoms with Crippen LogP contribution in [-0.2, 0) is 17.5 Å². The monoisotopic (exact) mass is 640 g/mol. The van der Waals surface area contributed by atoms with Crippen LogP contribution in [0.1, 0.15) is 28.9 Å². The molecule has 0 saturated carbocycles. The number of fused-ring (bicyclic) bond motifs is 1. The molecule has 0 aliphatic carbocycles. The second-order valence-electron chi connectivity index (χ2n) is 10.8. The smallest absolute Gasteiger partial charge is 0.339 e. The van der Waals surface area contributed by atoms with Crippen molar-refractivity contribution in [2.24, 2.45) is 5.92 Å². The molecule has 4 aromatic rings. The van der Waals surface area contributed by atoms with Gasteiger partial charge in [0.1, 0.15) is 6.54 Å². The lowest BCUT2D eigenvalue weighted by Gasteiger charge is -2.37. The molecule has 0 bridgehead atoms. The van der Waals surface area contributed by atoms with E-state index < -0.39 is 11.9 Å². The van der Waals surface area contributed by atoms with Crippen molar-refractivity contribution in [1.82, 2.24) is 39.3 Å². The molecule has 2 amide bonds. The number of nitriles is 1. The van der Waals surface area contributed by atoms with Crippen molar-refractivity contribution in [2.75, 3.05) is 44.6 Å². The predicted molar refractivity (Wildman–Crippen MR) is 158 cm³/mol. The van der Waals surface area contributed by atoms with Gasteiger partial charge >= 0.3 is 6.18 Å². The molecular formula is C29H28ClF3N10O2. The molecule has 12 nitrogen and oxygen atoms in total. The highest BCUT2D eigenvalue weighted by Crippen LogP contribution is 2.37. The lowest BCUT2D eigenvalue weighted by molar-refractivity contribution is -0.141. The van der Waals surface area contributed by atoms with Crippen molar-refractivity contribution in [2.45, 2.75) is 25.6 Å². The molecule has 1 aromatic carbocycles. The Hall–Kier alpha value is -4.68. The van der Waals surface area contributed by atoms with Crippen LogP contribution >= 0.6 is 11.6 Å². The zero-order chi connectivity index (χ0) is 31.7. The number of piperidine rings is 1. The number of carbonyl (C=O) groups is 2. The lowest BCUT2D eigenvalue weighted by Crippen LogP contribution is -2.52. The van der Waals surface area contributed by atoms with Gasteiger partial charge in [0, 0.05) is 56.4 Å². The number of carbonyl (C=O) groups excluding carboxylic acids is 2. The first-order chi connectivity index (χ1) is 21.6. The summed E-state index contributed by atoms with van der Waals surface area (Å²) in [6, 6.07) is 6.59. The van der Waals surface area contributed by atoms with Gasteiger partial charge in [-0.3, -0.25) is 18.7 Å². The van der Waals surface area contributed by atoms with E-state index in [0.717, 1.165) is 36.8 Å². The summed E-state index contributed by atoms with van der Waals surface area (Å²) in [4.78, 5) is 38.3. The average molecular weight is 641 g/mol. The summed E-state index contributed by atoms with van der Waals surface area (Å²) in [6.45, 7) is 3.09. The van der Waals surface area contributed by atoms with Crippen LogP contribution in [0, 0.1) is 17.2 Å². The van der Waals surface area contributed by atoms with Gasteiger partial charge in [-0.05, 0) is 44.1 Å². The standard InChI is InChI=1S/C29H28ClF3N10O2/c30-22-15-19(1-2-20(22)28(45)41-13-11-40(12-14-41)27(44)18-3-6-35-7-4-18)38-25-26-37-16-23(43(26)10-8-36-25)21-17-42(9-5-34)39-24(21)29(31,32)33/h1-2,8,10,15-18,35H,3-4,6-7,9,11-14H2,(H,36,38). The molecule has 0 spiro atoms. The van der Waals surface area contributed by atoms with E-state index in [9.17, 15) is 22.8 Å². The minimum atomic E-state index is -4.75. The van der Waals surface area contributed by atoms with Gasteiger partial charge < -0.3 is 20.4 Å². The minimum Gasteiger partial charge on any atom is -0.339 e. The number of nitrogens with zero attached hydrogens (tertiary/aromatic N) is 8.